The van der Waals surface area contributed by atoms with Crippen LogP contribution >= 0.6 is 46.1 Å². The van der Waals surface area contributed by atoms with Crippen LogP contribution in [0.15, 0.2) is 23.6 Å². The molecule has 0 spiro atoms. The maximum atomic E-state index is 12.4. The molecule has 5 nitrogen and oxygen atoms in total. The van der Waals surface area contributed by atoms with Crippen LogP contribution in [0, 0.1) is 0 Å². The van der Waals surface area contributed by atoms with Crippen LogP contribution in [0.2, 0.25) is 10.0 Å². The van der Waals surface area contributed by atoms with Crippen LogP contribution in [0.5, 0.6) is 0 Å². The van der Waals surface area contributed by atoms with Crippen molar-refractivity contribution >= 4 is 57.1 Å². The van der Waals surface area contributed by atoms with E-state index in [4.69, 9.17) is 23.2 Å². The molecule has 0 atom stereocenters. The topological polar surface area (TPSA) is 67.8 Å². The van der Waals surface area contributed by atoms with Gasteiger partial charge in [-0.25, -0.2) is 4.98 Å². The van der Waals surface area contributed by atoms with E-state index in [1.54, 1.807) is 18.2 Å². The van der Waals surface area contributed by atoms with E-state index in [0.717, 1.165) is 35.6 Å². The Hall–Kier alpha value is -1.54. The van der Waals surface area contributed by atoms with E-state index in [0.29, 0.717) is 25.7 Å². The summed E-state index contributed by atoms with van der Waals surface area (Å²) in [6, 6.07) is 5.18. The van der Waals surface area contributed by atoms with Crippen LogP contribution in [0.4, 0.5) is 5.13 Å². The van der Waals surface area contributed by atoms with Gasteiger partial charge >= 0.3 is 0 Å². The van der Waals surface area contributed by atoms with Gasteiger partial charge in [-0.15, -0.1) is 16.4 Å². The minimum atomic E-state index is -0.244. The zero-order chi connectivity index (χ0) is 17.1. The summed E-state index contributed by atoms with van der Waals surface area (Å²) in [5.41, 5.74) is 2.11. The molecule has 2 heterocycles. The Morgan fingerprint density at radius 3 is 2.96 bits per heavy atom. The number of carbonyl (C=O) groups excluding carboxylic acids is 1. The number of anilines is 1. The Morgan fingerprint density at radius 2 is 2.17 bits per heavy atom. The van der Waals surface area contributed by atoms with Crippen molar-refractivity contribution in [2.45, 2.75) is 19.8 Å². The Labute approximate surface area is 156 Å². The molecule has 1 amide bonds. The number of amides is 1. The second-order valence-electron chi connectivity index (χ2n) is 4.91. The number of halogens is 2. The van der Waals surface area contributed by atoms with Crippen LogP contribution in [0.1, 0.15) is 28.7 Å². The monoisotopic (exact) mass is 398 g/mol. The number of hydrogen-bond acceptors (Lipinski definition) is 6. The first-order valence-electron chi connectivity index (χ1n) is 7.12. The number of aromatic nitrogens is 3. The number of hydrogen-bond donors (Lipinski definition) is 1. The fourth-order valence-electron chi connectivity index (χ4n) is 2.08. The molecular weight excluding hydrogens is 387 g/mol. The van der Waals surface area contributed by atoms with E-state index in [1.807, 2.05) is 12.3 Å². The fourth-order valence-corrected chi connectivity index (χ4v) is 3.78. The van der Waals surface area contributed by atoms with Gasteiger partial charge in [0.25, 0.3) is 5.91 Å². The van der Waals surface area contributed by atoms with Gasteiger partial charge in [0, 0.05) is 16.0 Å². The van der Waals surface area contributed by atoms with Crippen molar-refractivity contribution in [2.24, 2.45) is 0 Å². The predicted octanol–water partition coefficient (Wildman–Crippen LogP) is 5.17. The lowest BCUT2D eigenvalue weighted by Crippen LogP contribution is -2.12. The molecule has 0 unspecified atom stereocenters. The zero-order valence-electron chi connectivity index (χ0n) is 12.5. The summed E-state index contributed by atoms with van der Waals surface area (Å²) in [4.78, 5) is 17.3. The molecule has 0 saturated heterocycles. The third-order valence-corrected chi connectivity index (χ3v) is 5.27. The second-order valence-corrected chi connectivity index (χ2v) is 7.37. The summed E-state index contributed by atoms with van der Waals surface area (Å²) in [6.45, 7) is 2.03. The predicted molar refractivity (Wildman–Crippen MR) is 99.4 cm³/mol. The van der Waals surface area contributed by atoms with Gasteiger partial charge < -0.3 is 0 Å². The molecule has 0 radical (unpaired) electrons. The van der Waals surface area contributed by atoms with Crippen LogP contribution in [0.25, 0.3) is 11.3 Å². The maximum absolute atomic E-state index is 12.4. The molecule has 24 heavy (non-hydrogen) atoms. The molecule has 9 heteroatoms. The van der Waals surface area contributed by atoms with Crippen molar-refractivity contribution in [1.82, 2.24) is 14.6 Å². The quantitative estimate of drug-likeness (QED) is 0.643. The number of rotatable bonds is 5. The highest BCUT2D eigenvalue weighted by atomic mass is 35.5. The molecule has 0 saturated carbocycles. The van der Waals surface area contributed by atoms with Crippen molar-refractivity contribution < 1.29 is 4.79 Å². The summed E-state index contributed by atoms with van der Waals surface area (Å²) < 4.78 is 3.86. The van der Waals surface area contributed by atoms with E-state index in [2.05, 4.69) is 19.9 Å². The van der Waals surface area contributed by atoms with Crippen molar-refractivity contribution in [3.8, 4) is 11.3 Å². The van der Waals surface area contributed by atoms with Gasteiger partial charge in [-0.3, -0.25) is 10.1 Å². The first-order valence-corrected chi connectivity index (χ1v) is 9.53. The highest BCUT2D eigenvalue weighted by molar-refractivity contribution is 7.14. The van der Waals surface area contributed by atoms with Crippen molar-refractivity contribution in [3.05, 3.63) is 44.2 Å². The Kier molecular flexibility index (Phi) is 5.45. The smallest absolute Gasteiger partial charge is 0.271 e. The normalized spacial score (nSPS) is 10.8. The number of nitrogens with zero attached hydrogens (tertiary/aromatic N) is 3. The Balaban J connectivity index is 1.80. The van der Waals surface area contributed by atoms with E-state index in [9.17, 15) is 4.79 Å². The number of benzene rings is 1. The maximum Gasteiger partial charge on any atom is 0.271 e. The Bertz CT molecular complexity index is 878. The molecule has 0 aliphatic heterocycles. The first kappa shape index (κ1) is 17.3. The standard InChI is InChI=1S/C15H12Cl2N4OS2/c1-2-3-11-13(24-21-20-11)14(22)19-15-18-12(7-23-15)9-6-8(16)4-5-10(9)17/h4-7H,2-3H2,1H3,(H,18,19,22). The van der Waals surface area contributed by atoms with Gasteiger partial charge in [-0.1, -0.05) is 41.0 Å². The molecule has 1 aromatic carbocycles. The lowest BCUT2D eigenvalue weighted by Gasteiger charge is -2.02. The molecule has 2 aromatic heterocycles. The highest BCUT2D eigenvalue weighted by Crippen LogP contribution is 2.32. The zero-order valence-corrected chi connectivity index (χ0v) is 15.7. The van der Waals surface area contributed by atoms with Gasteiger partial charge in [-0.2, -0.15) is 0 Å². The summed E-state index contributed by atoms with van der Waals surface area (Å²) in [5.74, 6) is -0.244. The average Bonchev–Trinajstić information content (AvgIpc) is 3.19. The van der Waals surface area contributed by atoms with E-state index in [1.165, 1.54) is 11.3 Å². The van der Waals surface area contributed by atoms with Crippen LogP contribution in [-0.4, -0.2) is 20.5 Å². The molecule has 124 valence electrons. The molecule has 0 aliphatic carbocycles. The van der Waals surface area contributed by atoms with Gasteiger partial charge in [0.2, 0.25) is 0 Å². The summed E-state index contributed by atoms with van der Waals surface area (Å²) >= 11 is 14.6. The molecule has 0 bridgehead atoms. The van der Waals surface area contributed by atoms with Gasteiger partial charge in [0.1, 0.15) is 4.88 Å². The lowest BCUT2D eigenvalue weighted by molar-refractivity contribution is 0.102. The lowest BCUT2D eigenvalue weighted by atomic mass is 10.2. The van der Waals surface area contributed by atoms with Crippen molar-refractivity contribution in [2.75, 3.05) is 5.32 Å². The number of carbonyl (C=O) groups is 1. The molecular formula is C15H12Cl2N4OS2. The summed E-state index contributed by atoms with van der Waals surface area (Å²) in [5, 5.41) is 10.2. The van der Waals surface area contributed by atoms with E-state index in [-0.39, 0.29) is 5.91 Å². The fraction of sp³-hybridized carbons (Fsp3) is 0.200. The number of aryl methyl sites for hydroxylation is 1. The SMILES string of the molecule is CCCc1nnsc1C(=O)Nc1nc(-c2cc(Cl)ccc2Cl)cs1. The van der Waals surface area contributed by atoms with Crippen molar-refractivity contribution in [3.63, 3.8) is 0 Å². The third-order valence-electron chi connectivity index (χ3n) is 3.18. The molecule has 3 aromatic rings. The van der Waals surface area contributed by atoms with E-state index < -0.39 is 0 Å². The van der Waals surface area contributed by atoms with Gasteiger partial charge in [0.15, 0.2) is 5.13 Å². The van der Waals surface area contributed by atoms with Crippen LogP contribution < -0.4 is 5.32 Å². The minimum Gasteiger partial charge on any atom is -0.297 e. The second kappa shape index (κ2) is 7.57. The van der Waals surface area contributed by atoms with E-state index >= 15 is 0 Å². The number of nitrogens with one attached hydrogen (secondary N) is 1. The third kappa shape index (κ3) is 3.75. The minimum absolute atomic E-state index is 0.244. The largest absolute Gasteiger partial charge is 0.297 e. The molecule has 1 N–H and O–H groups in total. The summed E-state index contributed by atoms with van der Waals surface area (Å²) in [6.07, 6.45) is 1.63. The average molecular weight is 399 g/mol. The highest BCUT2D eigenvalue weighted by Gasteiger charge is 2.17. The van der Waals surface area contributed by atoms with Gasteiger partial charge in [-0.05, 0) is 36.2 Å². The summed E-state index contributed by atoms with van der Waals surface area (Å²) in [7, 11) is 0. The number of thiazole rings is 1. The van der Waals surface area contributed by atoms with Crippen LogP contribution in [0.3, 0.4) is 0 Å². The Morgan fingerprint density at radius 1 is 1.33 bits per heavy atom. The van der Waals surface area contributed by atoms with Crippen LogP contribution in [-0.2, 0) is 6.42 Å². The molecule has 0 fully saturated rings. The first-order chi connectivity index (χ1) is 11.6. The molecule has 0 aliphatic rings. The van der Waals surface area contributed by atoms with Gasteiger partial charge in [0.05, 0.1) is 16.4 Å². The van der Waals surface area contributed by atoms with Crippen molar-refractivity contribution in [1.29, 1.82) is 0 Å². The molecule has 3 rings (SSSR count).